The van der Waals surface area contributed by atoms with Crippen molar-refractivity contribution in [2.75, 3.05) is 26.4 Å². The van der Waals surface area contributed by atoms with Gasteiger partial charge in [-0.05, 0) is 24.5 Å². The molecule has 1 aliphatic heterocycles. The van der Waals surface area contributed by atoms with E-state index < -0.39 is 0 Å². The van der Waals surface area contributed by atoms with E-state index in [1.807, 2.05) is 35.2 Å². The Balaban J connectivity index is 1.68. The predicted octanol–water partition coefficient (Wildman–Crippen LogP) is 2.40. The van der Waals surface area contributed by atoms with Gasteiger partial charge in [0.15, 0.2) is 0 Å². The molecule has 1 atom stereocenters. The van der Waals surface area contributed by atoms with Crippen molar-refractivity contribution in [1.29, 1.82) is 0 Å². The van der Waals surface area contributed by atoms with Gasteiger partial charge >= 0.3 is 0 Å². The van der Waals surface area contributed by atoms with E-state index in [0.717, 1.165) is 38.2 Å². The van der Waals surface area contributed by atoms with E-state index in [1.165, 1.54) is 6.08 Å². The van der Waals surface area contributed by atoms with Gasteiger partial charge in [0.1, 0.15) is 6.10 Å². The molecular weight excluding hydrogens is 266 g/mol. The van der Waals surface area contributed by atoms with Crippen molar-refractivity contribution in [3.05, 3.63) is 48.6 Å². The van der Waals surface area contributed by atoms with E-state index in [1.54, 1.807) is 0 Å². The number of unbranched alkanes of at least 4 members (excludes halogenated alkanes) is 1. The van der Waals surface area contributed by atoms with Crippen LogP contribution in [0.15, 0.2) is 43.0 Å². The molecule has 0 aliphatic carbocycles. The first-order valence-corrected chi connectivity index (χ1v) is 7.44. The van der Waals surface area contributed by atoms with Crippen LogP contribution in [0.2, 0.25) is 0 Å². The third-order valence-electron chi connectivity index (χ3n) is 3.38. The Morgan fingerprint density at radius 3 is 2.81 bits per heavy atom. The van der Waals surface area contributed by atoms with Crippen LogP contribution in [-0.4, -0.2) is 43.3 Å². The van der Waals surface area contributed by atoms with E-state index >= 15 is 0 Å². The highest BCUT2D eigenvalue weighted by molar-refractivity contribution is 5.86. The van der Waals surface area contributed by atoms with Gasteiger partial charge in [-0.1, -0.05) is 36.9 Å². The average Bonchev–Trinajstić information content (AvgIpc) is 3.34. The third-order valence-corrected chi connectivity index (χ3v) is 3.38. The molecule has 21 heavy (non-hydrogen) atoms. The molecule has 2 rings (SSSR count). The summed E-state index contributed by atoms with van der Waals surface area (Å²) in [5.41, 5.74) is 1.13. The third kappa shape index (κ3) is 6.10. The SMILES string of the molecule is C=CC(=O)N(CCCCOCC1CO1)Cc1ccccc1. The molecule has 0 radical (unpaired) electrons. The van der Waals surface area contributed by atoms with Crippen molar-refractivity contribution in [2.45, 2.75) is 25.5 Å². The fourth-order valence-corrected chi connectivity index (χ4v) is 2.09. The van der Waals surface area contributed by atoms with Gasteiger partial charge in [-0.3, -0.25) is 4.79 Å². The molecule has 0 saturated carbocycles. The van der Waals surface area contributed by atoms with Gasteiger partial charge in [0.2, 0.25) is 5.91 Å². The molecule has 1 aromatic rings. The molecule has 1 aromatic carbocycles. The summed E-state index contributed by atoms with van der Waals surface area (Å²) in [4.78, 5) is 13.7. The standard InChI is InChI=1S/C17H23NO3/c1-2-17(19)18(12-15-8-4-3-5-9-15)10-6-7-11-20-13-16-14-21-16/h2-5,8-9,16H,1,6-7,10-14H2. The summed E-state index contributed by atoms with van der Waals surface area (Å²) >= 11 is 0. The number of hydrogen-bond acceptors (Lipinski definition) is 3. The van der Waals surface area contributed by atoms with Crippen molar-refractivity contribution in [1.82, 2.24) is 4.90 Å². The maximum Gasteiger partial charge on any atom is 0.246 e. The van der Waals surface area contributed by atoms with Crippen LogP contribution < -0.4 is 0 Å². The van der Waals surface area contributed by atoms with E-state index in [2.05, 4.69) is 6.58 Å². The number of rotatable bonds is 10. The number of amides is 1. The van der Waals surface area contributed by atoms with Crippen LogP contribution in [0.4, 0.5) is 0 Å². The number of epoxide rings is 1. The zero-order valence-electron chi connectivity index (χ0n) is 12.4. The molecule has 4 nitrogen and oxygen atoms in total. The second-order valence-electron chi connectivity index (χ2n) is 5.19. The Bertz CT molecular complexity index is 443. The van der Waals surface area contributed by atoms with Gasteiger partial charge in [0, 0.05) is 19.7 Å². The highest BCUT2D eigenvalue weighted by Crippen LogP contribution is 2.09. The Morgan fingerprint density at radius 2 is 2.14 bits per heavy atom. The quantitative estimate of drug-likeness (QED) is 0.377. The minimum atomic E-state index is -0.0221. The van der Waals surface area contributed by atoms with Gasteiger partial charge in [0.25, 0.3) is 0 Å². The fraction of sp³-hybridized carbons (Fsp3) is 0.471. The zero-order chi connectivity index (χ0) is 14.9. The van der Waals surface area contributed by atoms with Crippen molar-refractivity contribution >= 4 is 5.91 Å². The molecule has 1 heterocycles. The maximum atomic E-state index is 11.9. The molecule has 1 amide bonds. The van der Waals surface area contributed by atoms with Crippen LogP contribution in [0, 0.1) is 0 Å². The first-order chi connectivity index (χ1) is 10.3. The molecule has 0 spiro atoms. The molecular formula is C17H23NO3. The number of nitrogens with zero attached hydrogens (tertiary/aromatic N) is 1. The fourth-order valence-electron chi connectivity index (χ4n) is 2.09. The summed E-state index contributed by atoms with van der Waals surface area (Å²) in [5, 5.41) is 0. The number of hydrogen-bond donors (Lipinski definition) is 0. The van der Waals surface area contributed by atoms with Gasteiger partial charge in [-0.2, -0.15) is 0 Å². The molecule has 1 fully saturated rings. The van der Waals surface area contributed by atoms with E-state index in [9.17, 15) is 4.79 Å². The Labute approximate surface area is 126 Å². The van der Waals surface area contributed by atoms with Gasteiger partial charge in [-0.25, -0.2) is 0 Å². The molecule has 0 N–H and O–H groups in total. The largest absolute Gasteiger partial charge is 0.379 e. The summed E-state index contributed by atoms with van der Waals surface area (Å²) in [5.74, 6) is -0.0221. The Hall–Kier alpha value is -1.65. The minimum Gasteiger partial charge on any atom is -0.379 e. The normalized spacial score (nSPS) is 16.5. The zero-order valence-corrected chi connectivity index (χ0v) is 12.4. The molecule has 4 heteroatoms. The summed E-state index contributed by atoms with van der Waals surface area (Å²) in [6, 6.07) is 10.0. The smallest absolute Gasteiger partial charge is 0.246 e. The first-order valence-electron chi connectivity index (χ1n) is 7.44. The van der Waals surface area contributed by atoms with Crippen LogP contribution in [0.5, 0.6) is 0 Å². The Kier molecular flexibility index (Phi) is 6.44. The lowest BCUT2D eigenvalue weighted by Crippen LogP contribution is -2.30. The topological polar surface area (TPSA) is 42.1 Å². The highest BCUT2D eigenvalue weighted by Gasteiger charge is 2.21. The van der Waals surface area contributed by atoms with E-state index in [0.29, 0.717) is 19.3 Å². The molecule has 1 unspecified atom stereocenters. The maximum absolute atomic E-state index is 11.9. The van der Waals surface area contributed by atoms with Gasteiger partial charge < -0.3 is 14.4 Å². The second kappa shape index (κ2) is 8.60. The Morgan fingerprint density at radius 1 is 1.38 bits per heavy atom. The van der Waals surface area contributed by atoms with Crippen molar-refractivity contribution in [3.63, 3.8) is 0 Å². The van der Waals surface area contributed by atoms with Crippen LogP contribution in [0.25, 0.3) is 0 Å². The molecule has 0 aromatic heterocycles. The lowest BCUT2D eigenvalue weighted by atomic mass is 10.2. The predicted molar refractivity (Wildman–Crippen MR) is 81.8 cm³/mol. The van der Waals surface area contributed by atoms with Gasteiger partial charge in [0.05, 0.1) is 13.2 Å². The van der Waals surface area contributed by atoms with Crippen LogP contribution >= 0.6 is 0 Å². The lowest BCUT2D eigenvalue weighted by Gasteiger charge is -2.21. The van der Waals surface area contributed by atoms with Crippen molar-refractivity contribution < 1.29 is 14.3 Å². The highest BCUT2D eigenvalue weighted by atomic mass is 16.6. The number of carbonyl (C=O) groups is 1. The number of benzene rings is 1. The average molecular weight is 289 g/mol. The van der Waals surface area contributed by atoms with Crippen molar-refractivity contribution in [3.8, 4) is 0 Å². The summed E-state index contributed by atoms with van der Waals surface area (Å²) < 4.78 is 10.6. The van der Waals surface area contributed by atoms with E-state index in [4.69, 9.17) is 9.47 Å². The molecule has 0 bridgehead atoms. The summed E-state index contributed by atoms with van der Waals surface area (Å²) in [6.45, 7) is 7.18. The number of carbonyl (C=O) groups excluding carboxylic acids is 1. The van der Waals surface area contributed by atoms with Crippen LogP contribution in [-0.2, 0) is 20.8 Å². The summed E-state index contributed by atoms with van der Waals surface area (Å²) in [7, 11) is 0. The lowest BCUT2D eigenvalue weighted by molar-refractivity contribution is -0.126. The second-order valence-corrected chi connectivity index (χ2v) is 5.19. The molecule has 114 valence electrons. The minimum absolute atomic E-state index is 0.0221. The molecule has 1 aliphatic rings. The van der Waals surface area contributed by atoms with Crippen LogP contribution in [0.3, 0.4) is 0 Å². The van der Waals surface area contributed by atoms with Crippen LogP contribution in [0.1, 0.15) is 18.4 Å². The summed E-state index contributed by atoms with van der Waals surface area (Å²) in [6.07, 6.45) is 3.58. The first kappa shape index (κ1) is 15.7. The van der Waals surface area contributed by atoms with Gasteiger partial charge in [-0.15, -0.1) is 0 Å². The molecule has 1 saturated heterocycles. The number of ether oxygens (including phenoxy) is 2. The van der Waals surface area contributed by atoms with Crippen molar-refractivity contribution in [2.24, 2.45) is 0 Å². The van der Waals surface area contributed by atoms with E-state index in [-0.39, 0.29) is 5.91 Å². The monoisotopic (exact) mass is 289 g/mol.